The van der Waals surface area contributed by atoms with Crippen molar-refractivity contribution in [3.8, 4) is 11.3 Å². The zero-order valence-corrected chi connectivity index (χ0v) is 19.5. The number of anilines is 1. The third-order valence-corrected chi connectivity index (χ3v) is 6.62. The maximum absolute atomic E-state index is 13.1. The number of carbonyl (C=O) groups excluding carboxylic acids is 1. The van der Waals surface area contributed by atoms with Gasteiger partial charge in [0.15, 0.2) is 5.78 Å². The minimum absolute atomic E-state index is 0.0204. The lowest BCUT2D eigenvalue weighted by molar-refractivity contribution is 0.0992. The second-order valence-electron chi connectivity index (χ2n) is 8.98. The number of piperazine rings is 1. The number of pyridine rings is 4. The minimum atomic E-state index is 0.0204. The molecule has 6 rings (SSSR count). The zero-order valence-electron chi connectivity index (χ0n) is 19.5. The Morgan fingerprint density at radius 2 is 1.89 bits per heavy atom. The van der Waals surface area contributed by atoms with Gasteiger partial charge in [-0.3, -0.25) is 14.8 Å². The van der Waals surface area contributed by atoms with Gasteiger partial charge < -0.3 is 14.8 Å². The summed E-state index contributed by atoms with van der Waals surface area (Å²) in [6.07, 6.45) is 9.26. The van der Waals surface area contributed by atoms with Crippen LogP contribution in [0.1, 0.15) is 16.1 Å². The van der Waals surface area contributed by atoms with Crippen molar-refractivity contribution in [1.82, 2.24) is 29.8 Å². The molecule has 1 saturated heterocycles. The fourth-order valence-electron chi connectivity index (χ4n) is 4.56. The van der Waals surface area contributed by atoms with Crippen LogP contribution in [0.5, 0.6) is 0 Å². The van der Waals surface area contributed by atoms with E-state index in [4.69, 9.17) is 4.98 Å². The van der Waals surface area contributed by atoms with Gasteiger partial charge in [0.25, 0.3) is 0 Å². The van der Waals surface area contributed by atoms with Crippen molar-refractivity contribution < 1.29 is 4.79 Å². The number of nitrogens with zero attached hydrogens (tertiary/aromatic N) is 6. The molecule has 0 radical (unpaired) electrons. The Hall–Kier alpha value is -4.17. The predicted octanol–water partition coefficient (Wildman–Crippen LogP) is 3.75. The van der Waals surface area contributed by atoms with E-state index >= 15 is 0 Å². The first-order chi connectivity index (χ1) is 17.1. The van der Waals surface area contributed by atoms with Crippen molar-refractivity contribution in [1.29, 1.82) is 0 Å². The molecule has 6 heterocycles. The highest BCUT2D eigenvalue weighted by Gasteiger charge is 2.17. The van der Waals surface area contributed by atoms with Crippen LogP contribution >= 0.6 is 0 Å². The lowest BCUT2D eigenvalue weighted by atomic mass is 10.1. The van der Waals surface area contributed by atoms with Gasteiger partial charge in [-0.2, -0.15) is 0 Å². The van der Waals surface area contributed by atoms with E-state index in [1.54, 1.807) is 18.5 Å². The molecule has 35 heavy (non-hydrogen) atoms. The molecule has 0 atom stereocenters. The molecule has 1 fully saturated rings. The molecule has 8 nitrogen and oxygen atoms in total. The number of nitrogens with one attached hydrogen (secondary N) is 1. The van der Waals surface area contributed by atoms with Crippen molar-refractivity contribution >= 4 is 33.4 Å². The average Bonchev–Trinajstić information content (AvgIpc) is 3.38. The maximum Gasteiger partial charge on any atom is 0.169 e. The first kappa shape index (κ1) is 21.4. The average molecular weight is 464 g/mol. The summed E-state index contributed by atoms with van der Waals surface area (Å²) >= 11 is 0. The standard InChI is InChI=1S/C27H25N7O/c1-33-8-10-34(11-9-33)27-12-18(4-6-30-27)26(35)14-20-13-24-19(15-31-20)2-3-23(32-24)22-16-28-17-25-21(22)5-7-29-25/h2-7,12-13,15-17,29H,8-11,14H2,1H3. The van der Waals surface area contributed by atoms with E-state index < -0.39 is 0 Å². The number of carbonyl (C=O) groups is 1. The van der Waals surface area contributed by atoms with Crippen LogP contribution in [0.25, 0.3) is 33.1 Å². The van der Waals surface area contributed by atoms with Gasteiger partial charge in [-0.25, -0.2) is 9.97 Å². The van der Waals surface area contributed by atoms with Gasteiger partial charge >= 0.3 is 0 Å². The van der Waals surface area contributed by atoms with Crippen molar-refractivity contribution in [2.45, 2.75) is 6.42 Å². The quantitative estimate of drug-likeness (QED) is 0.397. The van der Waals surface area contributed by atoms with E-state index in [9.17, 15) is 4.79 Å². The number of Topliss-reactive ketones (excluding diaryl/α,β-unsaturated/α-hetero) is 1. The predicted molar refractivity (Wildman–Crippen MR) is 137 cm³/mol. The number of fused-ring (bicyclic) bond motifs is 2. The Kier molecular flexibility index (Phi) is 5.42. The third-order valence-electron chi connectivity index (χ3n) is 6.62. The van der Waals surface area contributed by atoms with Crippen LogP contribution in [0.2, 0.25) is 0 Å². The van der Waals surface area contributed by atoms with Gasteiger partial charge in [0.05, 0.1) is 35.0 Å². The molecular formula is C27H25N7O. The lowest BCUT2D eigenvalue weighted by Crippen LogP contribution is -2.44. The molecule has 5 aromatic heterocycles. The number of H-pyrrole nitrogens is 1. The molecular weight excluding hydrogens is 438 g/mol. The number of hydrogen-bond donors (Lipinski definition) is 1. The molecule has 0 bridgehead atoms. The topological polar surface area (TPSA) is 90.9 Å². The fourth-order valence-corrected chi connectivity index (χ4v) is 4.56. The van der Waals surface area contributed by atoms with E-state index in [1.807, 2.05) is 48.9 Å². The van der Waals surface area contributed by atoms with Crippen LogP contribution < -0.4 is 4.90 Å². The number of likely N-dealkylation sites (N-methyl/N-ethyl adjacent to an activating group) is 1. The van der Waals surface area contributed by atoms with Crippen LogP contribution in [0, 0.1) is 0 Å². The van der Waals surface area contributed by atoms with Crippen LogP contribution in [0.3, 0.4) is 0 Å². The van der Waals surface area contributed by atoms with E-state index in [0.717, 1.165) is 65.1 Å². The Morgan fingerprint density at radius 1 is 1.00 bits per heavy atom. The molecule has 1 aliphatic heterocycles. The molecule has 1 aliphatic rings. The van der Waals surface area contributed by atoms with Crippen molar-refractivity contribution in [3.63, 3.8) is 0 Å². The summed E-state index contributed by atoms with van der Waals surface area (Å²) in [7, 11) is 2.12. The van der Waals surface area contributed by atoms with Gasteiger partial charge in [0.1, 0.15) is 5.82 Å². The highest BCUT2D eigenvalue weighted by molar-refractivity contribution is 5.98. The first-order valence-electron chi connectivity index (χ1n) is 11.7. The van der Waals surface area contributed by atoms with Crippen molar-refractivity contribution in [2.75, 3.05) is 38.1 Å². The normalized spacial score (nSPS) is 14.6. The van der Waals surface area contributed by atoms with Crippen LogP contribution in [0.15, 0.2) is 67.4 Å². The van der Waals surface area contributed by atoms with Crippen LogP contribution in [0.4, 0.5) is 5.82 Å². The maximum atomic E-state index is 13.1. The highest BCUT2D eigenvalue weighted by Crippen LogP contribution is 2.27. The fraction of sp³-hybridized carbons (Fsp3) is 0.222. The Labute approximate surface area is 202 Å². The number of ketones is 1. The monoisotopic (exact) mass is 463 g/mol. The summed E-state index contributed by atoms with van der Waals surface area (Å²) in [5, 5.41) is 2.01. The van der Waals surface area contributed by atoms with E-state index in [2.05, 4.69) is 36.8 Å². The summed E-state index contributed by atoms with van der Waals surface area (Å²) < 4.78 is 0. The number of hydrogen-bond acceptors (Lipinski definition) is 7. The summed E-state index contributed by atoms with van der Waals surface area (Å²) in [6, 6.07) is 11.6. The molecule has 0 spiro atoms. The smallest absolute Gasteiger partial charge is 0.169 e. The molecule has 0 aliphatic carbocycles. The van der Waals surface area contributed by atoms with Crippen molar-refractivity contribution in [3.05, 3.63) is 78.6 Å². The molecule has 8 heteroatoms. The largest absolute Gasteiger partial charge is 0.360 e. The SMILES string of the molecule is CN1CCN(c2cc(C(=O)Cc3cc4nc(-c5cncc6[nH]ccc56)ccc4cn3)ccn2)CC1. The molecule has 0 amide bonds. The number of rotatable bonds is 5. The zero-order chi connectivity index (χ0) is 23.8. The summed E-state index contributed by atoms with van der Waals surface area (Å²) in [5.41, 5.74) is 4.93. The highest BCUT2D eigenvalue weighted by atomic mass is 16.1. The third kappa shape index (κ3) is 4.24. The molecule has 0 aromatic carbocycles. The Morgan fingerprint density at radius 3 is 2.77 bits per heavy atom. The Balaban J connectivity index is 1.26. The second-order valence-corrected chi connectivity index (χ2v) is 8.98. The minimum Gasteiger partial charge on any atom is -0.360 e. The number of aromatic nitrogens is 5. The summed E-state index contributed by atoms with van der Waals surface area (Å²) in [4.78, 5) is 39.1. The second kappa shape index (κ2) is 8.88. The van der Waals surface area contributed by atoms with Gasteiger partial charge in [0, 0.05) is 72.9 Å². The van der Waals surface area contributed by atoms with E-state index in [-0.39, 0.29) is 12.2 Å². The Bertz CT molecular complexity index is 1540. The molecule has 1 N–H and O–H groups in total. The lowest BCUT2D eigenvalue weighted by Gasteiger charge is -2.33. The van der Waals surface area contributed by atoms with Crippen LogP contribution in [-0.4, -0.2) is 68.8 Å². The molecule has 0 saturated carbocycles. The van der Waals surface area contributed by atoms with E-state index in [0.29, 0.717) is 11.3 Å². The van der Waals surface area contributed by atoms with Crippen LogP contribution in [-0.2, 0) is 6.42 Å². The number of aromatic amines is 1. The van der Waals surface area contributed by atoms with Gasteiger partial charge in [-0.15, -0.1) is 0 Å². The molecule has 5 aromatic rings. The van der Waals surface area contributed by atoms with Crippen molar-refractivity contribution in [2.24, 2.45) is 0 Å². The molecule has 0 unspecified atom stereocenters. The first-order valence-corrected chi connectivity index (χ1v) is 11.7. The summed E-state index contributed by atoms with van der Waals surface area (Å²) in [6.45, 7) is 3.80. The molecule has 174 valence electrons. The van der Waals surface area contributed by atoms with Gasteiger partial charge in [-0.1, -0.05) is 0 Å². The summed E-state index contributed by atoms with van der Waals surface area (Å²) in [5.74, 6) is 0.876. The van der Waals surface area contributed by atoms with Gasteiger partial charge in [-0.05, 0) is 43.4 Å². The van der Waals surface area contributed by atoms with Gasteiger partial charge in [0.2, 0.25) is 0 Å². The van der Waals surface area contributed by atoms with E-state index in [1.165, 1.54) is 0 Å².